The maximum atomic E-state index is 11.9. The number of halogens is 2. The summed E-state index contributed by atoms with van der Waals surface area (Å²) in [6, 6.07) is 2.05. The van der Waals surface area contributed by atoms with Crippen LogP contribution < -0.4 is 5.32 Å². The van der Waals surface area contributed by atoms with Gasteiger partial charge in [-0.3, -0.25) is 4.99 Å². The zero-order chi connectivity index (χ0) is 18.6. The van der Waals surface area contributed by atoms with Crippen molar-refractivity contribution in [1.82, 2.24) is 19.1 Å². The molecule has 150 valence electrons. The molecule has 2 rings (SSSR count). The summed E-state index contributed by atoms with van der Waals surface area (Å²) in [5, 5.41) is 3.29. The van der Waals surface area contributed by atoms with E-state index in [1.165, 1.54) is 11.9 Å². The van der Waals surface area contributed by atoms with Crippen molar-refractivity contribution in [1.29, 1.82) is 0 Å². The average Bonchev–Trinajstić information content (AvgIpc) is 3.10. The molecule has 7 nitrogen and oxygen atoms in total. The molecule has 1 N–H and O–H groups in total. The van der Waals surface area contributed by atoms with Crippen LogP contribution in [0.3, 0.4) is 0 Å². The van der Waals surface area contributed by atoms with Crippen molar-refractivity contribution in [3.05, 3.63) is 22.4 Å². The normalized spacial score (nSPS) is 18.7. The van der Waals surface area contributed by atoms with Crippen LogP contribution in [0.5, 0.6) is 0 Å². The molecule has 1 aromatic rings. The van der Waals surface area contributed by atoms with Crippen molar-refractivity contribution in [3.8, 4) is 0 Å². The van der Waals surface area contributed by atoms with E-state index in [-0.39, 0.29) is 30.0 Å². The minimum Gasteiger partial charge on any atom is -0.357 e. The molecule has 0 bridgehead atoms. The Labute approximate surface area is 182 Å². The van der Waals surface area contributed by atoms with E-state index in [1.54, 1.807) is 4.31 Å². The number of guanidine groups is 1. The lowest BCUT2D eigenvalue weighted by Gasteiger charge is -2.24. The van der Waals surface area contributed by atoms with E-state index in [9.17, 15) is 8.42 Å². The Morgan fingerprint density at radius 2 is 2.19 bits per heavy atom. The van der Waals surface area contributed by atoms with E-state index in [4.69, 9.17) is 4.99 Å². The monoisotopic (exact) mass is 561 g/mol. The minimum absolute atomic E-state index is 0. The molecule has 0 spiro atoms. The Bertz CT molecular complexity index is 722. The summed E-state index contributed by atoms with van der Waals surface area (Å²) in [7, 11) is 0.844. The number of nitrogens with zero attached hydrogens (tertiary/aromatic N) is 4. The number of aliphatic imine (C=N–C) groups is 1. The van der Waals surface area contributed by atoms with Crippen LogP contribution >= 0.6 is 39.9 Å². The Kier molecular flexibility index (Phi) is 9.37. The summed E-state index contributed by atoms with van der Waals surface area (Å²) in [5.74, 6) is 0.792. The van der Waals surface area contributed by atoms with Crippen LogP contribution in [0, 0.1) is 0 Å². The van der Waals surface area contributed by atoms with Gasteiger partial charge in [0.1, 0.15) is 0 Å². The van der Waals surface area contributed by atoms with Crippen LogP contribution in [0.1, 0.15) is 25.5 Å². The van der Waals surface area contributed by atoms with Crippen LogP contribution in [0.2, 0.25) is 0 Å². The summed E-state index contributed by atoms with van der Waals surface area (Å²) in [6.45, 7) is 4.59. The summed E-state index contributed by atoms with van der Waals surface area (Å²) in [4.78, 5) is 6.76. The van der Waals surface area contributed by atoms with Crippen molar-refractivity contribution in [2.24, 2.45) is 12.0 Å². The molecule has 1 saturated heterocycles. The maximum absolute atomic E-state index is 11.9. The predicted octanol–water partition coefficient (Wildman–Crippen LogP) is 2.23. The largest absolute Gasteiger partial charge is 0.357 e. The highest BCUT2D eigenvalue weighted by atomic mass is 127. The van der Waals surface area contributed by atoms with E-state index in [0.29, 0.717) is 19.6 Å². The Morgan fingerprint density at radius 1 is 1.50 bits per heavy atom. The fraction of sp³-hybridized carbons (Fsp3) is 0.688. The third-order valence-electron chi connectivity index (χ3n) is 4.37. The topological polar surface area (TPSA) is 69.9 Å². The van der Waals surface area contributed by atoms with Gasteiger partial charge in [0, 0.05) is 49.6 Å². The number of sulfonamides is 1. The van der Waals surface area contributed by atoms with Gasteiger partial charge in [0.25, 0.3) is 0 Å². The molecule has 1 fully saturated rings. The number of rotatable bonds is 6. The SMILES string of the molecule is CCNC(=NC[C@H]1CCCN1S(C)(=O)=O)N(C)Cc1cc(Br)cn1C.I. The molecule has 0 aliphatic carbocycles. The van der Waals surface area contributed by atoms with Gasteiger partial charge in [-0.2, -0.15) is 4.31 Å². The van der Waals surface area contributed by atoms with Crippen LogP contribution in [-0.2, 0) is 23.6 Å². The van der Waals surface area contributed by atoms with Crippen molar-refractivity contribution in [2.45, 2.75) is 32.4 Å². The van der Waals surface area contributed by atoms with Gasteiger partial charge in [-0.25, -0.2) is 8.42 Å². The highest BCUT2D eigenvalue weighted by Gasteiger charge is 2.31. The van der Waals surface area contributed by atoms with Gasteiger partial charge in [0.05, 0.1) is 19.3 Å². The molecule has 0 radical (unpaired) electrons. The van der Waals surface area contributed by atoms with Gasteiger partial charge in [-0.05, 0) is 41.8 Å². The molecular formula is C16H29BrIN5O2S. The van der Waals surface area contributed by atoms with Gasteiger partial charge in [0.15, 0.2) is 5.96 Å². The number of nitrogens with one attached hydrogen (secondary N) is 1. The summed E-state index contributed by atoms with van der Waals surface area (Å²) in [6.07, 6.45) is 5.07. The van der Waals surface area contributed by atoms with Crippen molar-refractivity contribution in [3.63, 3.8) is 0 Å². The molecular weight excluding hydrogens is 533 g/mol. The predicted molar refractivity (Wildman–Crippen MR) is 121 cm³/mol. The van der Waals surface area contributed by atoms with Gasteiger partial charge in [-0.1, -0.05) is 0 Å². The van der Waals surface area contributed by atoms with Gasteiger partial charge in [-0.15, -0.1) is 24.0 Å². The van der Waals surface area contributed by atoms with Crippen LogP contribution in [0.15, 0.2) is 21.7 Å². The lowest BCUT2D eigenvalue weighted by Crippen LogP contribution is -2.41. The number of aryl methyl sites for hydroxylation is 1. The van der Waals surface area contributed by atoms with E-state index < -0.39 is 10.0 Å². The molecule has 0 saturated carbocycles. The quantitative estimate of drug-likeness (QED) is 0.328. The number of hydrogen-bond donors (Lipinski definition) is 1. The zero-order valence-corrected chi connectivity index (χ0v) is 20.5. The molecule has 1 aliphatic rings. The molecule has 26 heavy (non-hydrogen) atoms. The molecule has 1 aromatic heterocycles. The van der Waals surface area contributed by atoms with Crippen molar-refractivity contribution in [2.75, 3.05) is 32.9 Å². The van der Waals surface area contributed by atoms with Gasteiger partial charge >= 0.3 is 0 Å². The standard InChI is InChI=1S/C16H28BrN5O2S.HI/c1-5-18-16(21(3)12-15-9-13(17)11-20(15)2)19-10-14-7-6-8-22(14)25(4,23)24;/h9,11,14H,5-8,10,12H2,1-4H3,(H,18,19);1H/t14-;/m1./s1. The van der Waals surface area contributed by atoms with Crippen LogP contribution in [0.25, 0.3) is 0 Å². The second kappa shape index (κ2) is 10.3. The lowest BCUT2D eigenvalue weighted by atomic mass is 10.2. The number of aromatic nitrogens is 1. The second-order valence-electron chi connectivity index (χ2n) is 6.48. The van der Waals surface area contributed by atoms with Crippen LogP contribution in [-0.4, -0.2) is 67.1 Å². The van der Waals surface area contributed by atoms with Crippen molar-refractivity contribution < 1.29 is 8.42 Å². The first-order chi connectivity index (χ1) is 11.7. The van der Waals surface area contributed by atoms with E-state index >= 15 is 0 Å². The zero-order valence-electron chi connectivity index (χ0n) is 15.8. The maximum Gasteiger partial charge on any atom is 0.211 e. The van der Waals surface area contributed by atoms with E-state index in [2.05, 4.69) is 36.8 Å². The van der Waals surface area contributed by atoms with E-state index in [0.717, 1.165) is 29.8 Å². The molecule has 0 amide bonds. The molecule has 1 aliphatic heterocycles. The van der Waals surface area contributed by atoms with Crippen LogP contribution in [0.4, 0.5) is 0 Å². The summed E-state index contributed by atoms with van der Waals surface area (Å²) >= 11 is 3.49. The highest BCUT2D eigenvalue weighted by molar-refractivity contribution is 14.0. The summed E-state index contributed by atoms with van der Waals surface area (Å²) < 4.78 is 28.5. The first-order valence-corrected chi connectivity index (χ1v) is 11.1. The minimum atomic E-state index is -3.16. The third kappa shape index (κ3) is 6.38. The Balaban J connectivity index is 0.00000338. The second-order valence-corrected chi connectivity index (χ2v) is 9.33. The molecule has 1 atom stereocenters. The summed E-state index contributed by atoms with van der Waals surface area (Å²) in [5.41, 5.74) is 1.17. The molecule has 0 unspecified atom stereocenters. The average molecular weight is 562 g/mol. The first-order valence-electron chi connectivity index (χ1n) is 8.49. The Morgan fingerprint density at radius 3 is 2.73 bits per heavy atom. The first kappa shape index (κ1) is 23.7. The molecule has 10 heteroatoms. The molecule has 0 aromatic carbocycles. The Hall–Kier alpha value is -0.330. The fourth-order valence-corrected chi connectivity index (χ4v) is 4.88. The fourth-order valence-electron chi connectivity index (χ4n) is 3.13. The highest BCUT2D eigenvalue weighted by Crippen LogP contribution is 2.20. The van der Waals surface area contributed by atoms with Crippen molar-refractivity contribution >= 4 is 55.9 Å². The smallest absolute Gasteiger partial charge is 0.211 e. The van der Waals surface area contributed by atoms with Gasteiger partial charge in [0.2, 0.25) is 10.0 Å². The lowest BCUT2D eigenvalue weighted by molar-refractivity contribution is 0.393. The van der Waals surface area contributed by atoms with Gasteiger partial charge < -0.3 is 14.8 Å². The third-order valence-corrected chi connectivity index (χ3v) is 6.14. The number of hydrogen-bond acceptors (Lipinski definition) is 3. The van der Waals surface area contributed by atoms with E-state index in [1.807, 2.05) is 27.2 Å². The molecule has 2 heterocycles.